The molecule has 4 rings (SSSR count). The third-order valence-electron chi connectivity index (χ3n) is 6.49. The molecule has 2 bridgehead atoms. The number of likely N-dealkylation sites (tertiary alicyclic amines) is 2. The fraction of sp³-hybridized carbons (Fsp3) is 0.417. The maximum absolute atomic E-state index is 11.4. The molecule has 0 aromatic heterocycles. The summed E-state index contributed by atoms with van der Waals surface area (Å²) in [6, 6.07) is 7.51. The van der Waals surface area contributed by atoms with Crippen molar-refractivity contribution in [2.45, 2.75) is 25.7 Å². The number of nitrogens with one attached hydrogen (secondary N) is 1. The average molecular weight is 426 g/mol. The second-order valence-corrected chi connectivity index (χ2v) is 10.6. The smallest absolute Gasteiger partial charge is 0.229 e. The Hall–Kier alpha value is -2.47. The van der Waals surface area contributed by atoms with Crippen molar-refractivity contribution < 1.29 is 8.42 Å². The van der Waals surface area contributed by atoms with Crippen LogP contribution in [0.1, 0.15) is 24.8 Å². The fourth-order valence-electron chi connectivity index (χ4n) is 4.56. The molecule has 2 unspecified atom stereocenters. The van der Waals surface area contributed by atoms with Crippen molar-refractivity contribution in [1.82, 2.24) is 9.80 Å². The van der Waals surface area contributed by atoms with Crippen LogP contribution in [0.2, 0.25) is 0 Å². The quantitative estimate of drug-likeness (QED) is 0.707. The highest BCUT2D eigenvalue weighted by Crippen LogP contribution is 2.49. The van der Waals surface area contributed by atoms with Gasteiger partial charge < -0.3 is 9.80 Å². The van der Waals surface area contributed by atoms with E-state index in [1.54, 1.807) is 12.1 Å². The molecule has 30 heavy (non-hydrogen) atoms. The molecule has 1 saturated carbocycles. The van der Waals surface area contributed by atoms with Gasteiger partial charge in [-0.1, -0.05) is 38.4 Å². The van der Waals surface area contributed by atoms with Gasteiger partial charge in [-0.05, 0) is 49.3 Å². The second-order valence-electron chi connectivity index (χ2n) is 8.83. The Morgan fingerprint density at radius 1 is 0.933 bits per heavy atom. The van der Waals surface area contributed by atoms with E-state index in [0.717, 1.165) is 66.5 Å². The second kappa shape index (κ2) is 7.65. The molecule has 2 aliphatic heterocycles. The predicted octanol–water partition coefficient (Wildman–Crippen LogP) is 4.32. The molecule has 6 heteroatoms. The van der Waals surface area contributed by atoms with Crippen LogP contribution in [0.5, 0.6) is 0 Å². The summed E-state index contributed by atoms with van der Waals surface area (Å²) < 4.78 is 25.2. The van der Waals surface area contributed by atoms with E-state index in [4.69, 9.17) is 0 Å². The molecular weight excluding hydrogens is 394 g/mol. The van der Waals surface area contributed by atoms with Crippen LogP contribution in [0, 0.1) is 17.8 Å². The summed E-state index contributed by atoms with van der Waals surface area (Å²) in [6.45, 7) is 19.4. The number of piperidine rings is 2. The Morgan fingerprint density at radius 2 is 1.47 bits per heavy atom. The topological polar surface area (TPSA) is 52.7 Å². The molecule has 160 valence electrons. The first-order chi connectivity index (χ1) is 14.1. The molecule has 3 fully saturated rings. The molecular formula is C24H31N3O2S. The van der Waals surface area contributed by atoms with Gasteiger partial charge in [-0.3, -0.25) is 4.72 Å². The monoisotopic (exact) mass is 425 g/mol. The van der Waals surface area contributed by atoms with Gasteiger partial charge in [0.2, 0.25) is 10.0 Å². The molecule has 2 heterocycles. The standard InChI is InChI=1S/C24H31N3O2S/c1-16-23-14-24(19(4)27(18(23)3)15-21-6-7-21)17(2)26(16)13-12-20-8-10-22(11-9-20)25-30(5,28)29/h8-11,21,23-25H,1-4,6-7,12-15H2,5H3. The van der Waals surface area contributed by atoms with Crippen LogP contribution in [0.25, 0.3) is 0 Å². The highest BCUT2D eigenvalue weighted by molar-refractivity contribution is 7.92. The van der Waals surface area contributed by atoms with Gasteiger partial charge in [0.25, 0.3) is 0 Å². The Labute approximate surface area is 180 Å². The molecule has 1 aliphatic carbocycles. The minimum atomic E-state index is -3.26. The third kappa shape index (κ3) is 4.19. The number of benzene rings is 1. The Bertz CT molecular complexity index is 971. The zero-order valence-corrected chi connectivity index (χ0v) is 18.5. The lowest BCUT2D eigenvalue weighted by molar-refractivity contribution is 0.187. The number of nitrogens with zero attached hydrogens (tertiary/aromatic N) is 2. The molecule has 3 aliphatic rings. The Balaban J connectivity index is 1.44. The minimum Gasteiger partial charge on any atom is -0.348 e. The first-order valence-corrected chi connectivity index (χ1v) is 12.4. The molecule has 0 spiro atoms. The Morgan fingerprint density at radius 3 is 1.97 bits per heavy atom. The van der Waals surface area contributed by atoms with Crippen LogP contribution in [0.15, 0.2) is 73.4 Å². The number of hydrogen-bond donors (Lipinski definition) is 1. The minimum absolute atomic E-state index is 0.242. The van der Waals surface area contributed by atoms with Crippen molar-refractivity contribution in [2.75, 3.05) is 24.1 Å². The lowest BCUT2D eigenvalue weighted by Crippen LogP contribution is -2.47. The number of hydrogen-bond acceptors (Lipinski definition) is 4. The van der Waals surface area contributed by atoms with Gasteiger partial charge in [0.15, 0.2) is 0 Å². The summed E-state index contributed by atoms with van der Waals surface area (Å²) in [6.07, 6.45) is 5.55. The molecule has 0 amide bonds. The number of fused-ring (bicyclic) bond motifs is 2. The number of anilines is 1. The van der Waals surface area contributed by atoms with Crippen molar-refractivity contribution in [3.05, 3.63) is 78.9 Å². The van der Waals surface area contributed by atoms with Crippen LogP contribution < -0.4 is 4.72 Å². The third-order valence-corrected chi connectivity index (χ3v) is 7.09. The van der Waals surface area contributed by atoms with Gasteiger partial charge in [-0.2, -0.15) is 0 Å². The maximum atomic E-state index is 11.4. The van der Waals surface area contributed by atoms with Gasteiger partial charge in [0.1, 0.15) is 0 Å². The summed E-state index contributed by atoms with van der Waals surface area (Å²) in [5, 5.41) is 0. The van der Waals surface area contributed by atoms with Gasteiger partial charge in [-0.25, -0.2) is 8.42 Å². The zero-order valence-electron chi connectivity index (χ0n) is 17.7. The summed E-state index contributed by atoms with van der Waals surface area (Å²) in [7, 11) is -3.26. The molecule has 1 N–H and O–H groups in total. The van der Waals surface area contributed by atoms with Gasteiger partial charge in [0, 0.05) is 53.4 Å². The van der Waals surface area contributed by atoms with E-state index in [0.29, 0.717) is 5.69 Å². The summed E-state index contributed by atoms with van der Waals surface area (Å²) in [5.74, 6) is 1.26. The van der Waals surface area contributed by atoms with Gasteiger partial charge in [-0.15, -0.1) is 0 Å². The van der Waals surface area contributed by atoms with Crippen LogP contribution in [-0.4, -0.2) is 37.6 Å². The number of sulfonamides is 1. The van der Waals surface area contributed by atoms with Gasteiger partial charge >= 0.3 is 0 Å². The van der Waals surface area contributed by atoms with E-state index < -0.39 is 10.0 Å². The SMILES string of the molecule is C=C1C2CC(C(=C)N1CCc1ccc(NS(C)(=O)=O)cc1)C(=C)N(CC1CC1)C2=C. The molecule has 5 nitrogen and oxygen atoms in total. The van der Waals surface area contributed by atoms with Gasteiger partial charge in [0.05, 0.1) is 6.26 Å². The molecule has 2 saturated heterocycles. The predicted molar refractivity (Wildman–Crippen MR) is 123 cm³/mol. The van der Waals surface area contributed by atoms with E-state index in [2.05, 4.69) is 40.8 Å². The average Bonchev–Trinajstić information content (AvgIpc) is 3.49. The summed E-state index contributed by atoms with van der Waals surface area (Å²) in [5.41, 5.74) is 6.11. The van der Waals surface area contributed by atoms with Crippen molar-refractivity contribution >= 4 is 15.7 Å². The lowest BCUT2D eigenvalue weighted by atomic mass is 9.77. The molecule has 1 aromatic carbocycles. The van der Waals surface area contributed by atoms with Crippen molar-refractivity contribution in [3.8, 4) is 0 Å². The fourth-order valence-corrected chi connectivity index (χ4v) is 5.12. The van der Waals surface area contributed by atoms with E-state index >= 15 is 0 Å². The first kappa shape index (κ1) is 20.8. The maximum Gasteiger partial charge on any atom is 0.229 e. The Kier molecular flexibility index (Phi) is 5.30. The van der Waals surface area contributed by atoms with E-state index in [9.17, 15) is 8.42 Å². The molecule has 0 radical (unpaired) electrons. The highest BCUT2D eigenvalue weighted by atomic mass is 32.2. The molecule has 1 aromatic rings. The summed E-state index contributed by atoms with van der Waals surface area (Å²) in [4.78, 5) is 4.57. The first-order valence-electron chi connectivity index (χ1n) is 10.5. The van der Waals surface area contributed by atoms with E-state index in [1.165, 1.54) is 12.8 Å². The normalized spacial score (nSPS) is 24.4. The zero-order chi connectivity index (χ0) is 21.6. The largest absolute Gasteiger partial charge is 0.348 e. The molecule has 2 atom stereocenters. The summed E-state index contributed by atoms with van der Waals surface area (Å²) >= 11 is 0. The highest BCUT2D eigenvalue weighted by Gasteiger charge is 2.44. The van der Waals surface area contributed by atoms with E-state index in [1.807, 2.05) is 12.1 Å². The number of rotatable bonds is 7. The van der Waals surface area contributed by atoms with Crippen molar-refractivity contribution in [1.29, 1.82) is 0 Å². The van der Waals surface area contributed by atoms with Crippen molar-refractivity contribution in [2.24, 2.45) is 17.8 Å². The lowest BCUT2D eigenvalue weighted by Gasteiger charge is -2.52. The van der Waals surface area contributed by atoms with Crippen LogP contribution in [0.3, 0.4) is 0 Å². The van der Waals surface area contributed by atoms with Crippen LogP contribution >= 0.6 is 0 Å². The van der Waals surface area contributed by atoms with Crippen LogP contribution in [-0.2, 0) is 16.4 Å². The van der Waals surface area contributed by atoms with Crippen LogP contribution in [0.4, 0.5) is 5.69 Å². The van der Waals surface area contributed by atoms with E-state index in [-0.39, 0.29) is 11.8 Å². The van der Waals surface area contributed by atoms with Crippen molar-refractivity contribution in [3.63, 3.8) is 0 Å².